The van der Waals surface area contributed by atoms with Crippen LogP contribution in [-0.4, -0.2) is 123 Å². The van der Waals surface area contributed by atoms with Crippen LogP contribution in [0.25, 0.3) is 45.0 Å². The molecule has 7 N–H and O–H groups in total. The third-order valence-electron chi connectivity index (χ3n) is 24.2. The van der Waals surface area contributed by atoms with Crippen LogP contribution in [0.5, 0.6) is 23.1 Å². The molecule has 0 aliphatic carbocycles. The van der Waals surface area contributed by atoms with Gasteiger partial charge in [-0.15, -0.1) is 0 Å². The summed E-state index contributed by atoms with van der Waals surface area (Å²) in [4.78, 5) is 93.7. The number of hydrogen-bond acceptors (Lipinski definition) is 16. The van der Waals surface area contributed by atoms with Crippen molar-refractivity contribution in [3.8, 4) is 34.3 Å². The number of aromatic hydroxyl groups is 1. The van der Waals surface area contributed by atoms with Gasteiger partial charge in [0.2, 0.25) is 5.88 Å². The quantitative estimate of drug-likeness (QED) is 0.0224. The number of ether oxygens (including phenoxy) is 2. The van der Waals surface area contributed by atoms with Crippen LogP contribution >= 0.6 is 0 Å². The minimum atomic E-state index is -0.992. The van der Waals surface area contributed by atoms with Gasteiger partial charge in [0.25, 0.3) is 6.47 Å². The number of phenols is 1. The number of nitrogens with one attached hydrogen (secondary N) is 1. The lowest BCUT2D eigenvalue weighted by Gasteiger charge is -2.12. The summed E-state index contributed by atoms with van der Waals surface area (Å²) in [6, 6.07) is 81.9. The van der Waals surface area contributed by atoms with Gasteiger partial charge in [0.1, 0.15) is 85.4 Å². The molecule has 0 aliphatic rings. The number of benzene rings is 8. The van der Waals surface area contributed by atoms with E-state index in [1.165, 1.54) is 50.6 Å². The van der Waals surface area contributed by atoms with Crippen molar-refractivity contribution in [3.05, 3.63) is 458 Å². The number of aromatic nitrogens is 12. The lowest BCUT2D eigenvalue weighted by atomic mass is 9.99. The largest absolute Gasteiger partial charge is 0.508 e. The predicted molar refractivity (Wildman–Crippen MR) is 538 cm³/mol. The predicted octanol–water partition coefficient (Wildman–Crippen LogP) is 21.7. The zero-order chi connectivity index (χ0) is 99.2. The summed E-state index contributed by atoms with van der Waals surface area (Å²) in [5, 5.41) is 60.6. The van der Waals surface area contributed by atoms with E-state index in [2.05, 4.69) is 123 Å². The maximum Gasteiger partial charge on any atom is 0.353 e. The van der Waals surface area contributed by atoms with Crippen molar-refractivity contribution in [3.63, 3.8) is 0 Å². The average Bonchev–Trinajstić information content (AvgIpc) is 1.61. The van der Waals surface area contributed by atoms with Gasteiger partial charge in [-0.2, -0.15) is 0 Å². The number of fused-ring (bicyclic) bond motifs is 6. The second-order valence-electron chi connectivity index (χ2n) is 33.9. The highest BCUT2D eigenvalue weighted by Crippen LogP contribution is 2.31. The molecule has 27 nitrogen and oxygen atoms in total. The van der Waals surface area contributed by atoms with Crippen molar-refractivity contribution < 1.29 is 73.3 Å². The maximum absolute atomic E-state index is 13.6. The van der Waals surface area contributed by atoms with Crippen molar-refractivity contribution in [2.45, 2.75) is 112 Å². The molecule has 0 atom stereocenters. The van der Waals surface area contributed by atoms with E-state index in [1.54, 1.807) is 138 Å². The lowest BCUT2D eigenvalue weighted by molar-refractivity contribution is -0.121. The van der Waals surface area contributed by atoms with Gasteiger partial charge in [-0.25, -0.2) is 58.3 Å². The molecule has 0 spiro atoms. The van der Waals surface area contributed by atoms with Crippen LogP contribution in [0.2, 0.25) is 0 Å². The zero-order valence-electron chi connectivity index (χ0n) is 78.2. The molecule has 0 bridgehead atoms. The monoisotopic (exact) mass is 1880 g/mol. The molecule has 0 amide bonds. The highest BCUT2D eigenvalue weighted by atomic mass is 19.1. The van der Waals surface area contributed by atoms with Gasteiger partial charge in [-0.3, -0.25) is 31.2 Å². The standard InChI is InChI=1S/C23H20N2O3.C21H17N3O2.C18H18N2O2.C17H15FN2O2.C17H16N2O3.C17H16N2O2/c1-16-2-9-19(10-3-16)28-20-11-5-17(6-12-20)4-7-18-8-13-21-24-14-15-25(21)22(18)23(26)27;25-15-26-21-19(9-10-20-22-11-12-24(20)21)23-14-16-5-4-8-18(13-16)17-6-2-1-3-7-17;1-12-3-4-14(11-13(12)2)5-6-15-7-8-16-19-9-10-20(16)17(15)18(21)22;1-11-2-3-12(10-14(11)18)4-5-13-6-7-15-19-8-9-20(15)16(13)17(21)22;1-11-2-3-12(10-14(11)20)4-5-13-6-7-15-18-8-9-19(15)16(13)17(21)22;1-12-3-2-4-13(11-12)5-6-14-7-8-15-18-9-10-19(15)16(14)17(20)21/h2-3,5-6,8-15H,4,7H2,1H3,(H,26,27);1-13,15,23H,14H2;3-4,7-11H,5-6H2,1-2H3,(H,21,22);2-3,6-10H,4-5H2,1H3,(H,21,22);2-3,6-10,20H,4-5H2,1H3,(H,21,22);2-4,7-11H,5-6H2,1H3,(H,20,21). The number of aromatic carboxylic acids is 5. The fourth-order valence-corrected chi connectivity index (χ4v) is 16.6. The van der Waals surface area contributed by atoms with E-state index >= 15 is 0 Å². The fraction of sp³-hybridized carbons (Fsp3) is 0.150. The highest BCUT2D eigenvalue weighted by molar-refractivity contribution is 5.91. The third-order valence-corrected chi connectivity index (χ3v) is 24.2. The number of halogens is 1. The van der Waals surface area contributed by atoms with Gasteiger partial charge in [-0.05, 0) is 285 Å². The number of anilines is 1. The lowest BCUT2D eigenvalue weighted by Crippen LogP contribution is -2.10. The number of nitrogens with zero attached hydrogens (tertiary/aromatic N) is 12. The summed E-state index contributed by atoms with van der Waals surface area (Å²) in [5.41, 5.74) is 25.1. The van der Waals surface area contributed by atoms with Gasteiger partial charge in [-0.1, -0.05) is 181 Å². The minimum Gasteiger partial charge on any atom is -0.508 e. The molecule has 20 aromatic rings. The van der Waals surface area contributed by atoms with Crippen LogP contribution in [-0.2, 0) is 75.5 Å². The van der Waals surface area contributed by atoms with Crippen LogP contribution in [0, 0.1) is 47.4 Å². The first-order valence-electron chi connectivity index (χ1n) is 45.6. The number of carbonyl (C=O) groups is 6. The number of carbonyl (C=O) groups excluding carboxylic acids is 1. The molecular weight excluding hydrogens is 1780 g/mol. The second-order valence-corrected chi connectivity index (χ2v) is 33.9. The Labute approximate surface area is 810 Å². The van der Waals surface area contributed by atoms with Gasteiger partial charge < -0.3 is 45.4 Å². The first kappa shape index (κ1) is 97.6. The topological polar surface area (TPSA) is 358 Å². The molecule has 0 saturated carbocycles. The number of rotatable bonds is 28. The Morgan fingerprint density at radius 1 is 0.319 bits per heavy atom. The van der Waals surface area contributed by atoms with Crippen LogP contribution in [0.4, 0.5) is 10.1 Å². The number of pyridine rings is 6. The Kier molecular flexibility index (Phi) is 31.6. The molecule has 0 unspecified atom stereocenters. The van der Waals surface area contributed by atoms with Crippen molar-refractivity contribution in [1.82, 2.24) is 56.3 Å². The molecule has 0 saturated heterocycles. The van der Waals surface area contributed by atoms with Gasteiger partial charge in [0.05, 0.1) is 5.69 Å². The molecular formula is C113H102FN13O14. The number of carboxylic acids is 5. The summed E-state index contributed by atoms with van der Waals surface area (Å²) in [6.07, 6.45) is 26.5. The molecule has 12 heterocycles. The summed E-state index contributed by atoms with van der Waals surface area (Å²) < 4.78 is 34.4. The van der Waals surface area contributed by atoms with Crippen LogP contribution in [0.3, 0.4) is 0 Å². The molecule has 141 heavy (non-hydrogen) atoms. The fourth-order valence-electron chi connectivity index (χ4n) is 16.6. The SMILES string of the molecule is Cc1ccc(CCc2ccc3nccn3c2C(=O)O)cc1C.Cc1ccc(CCc2ccc3nccn3c2C(=O)O)cc1F.Cc1ccc(CCc2ccc3nccn3c2C(=O)O)cc1O.Cc1ccc(Oc2ccc(CCc3ccc4nccn4c3C(=O)O)cc2)cc1.Cc1cccc(CCc2ccc3nccn3c2C(=O)O)c1.O=COc1c(NCc2cccc(-c3ccccc3)c2)ccc2nccn12. The van der Waals surface area contributed by atoms with Crippen LogP contribution < -0.4 is 14.8 Å². The van der Waals surface area contributed by atoms with E-state index in [0.717, 1.165) is 92.2 Å². The Hall–Kier alpha value is -18.0. The Morgan fingerprint density at radius 3 is 1.09 bits per heavy atom. The number of hydrogen-bond donors (Lipinski definition) is 7. The van der Waals surface area contributed by atoms with E-state index in [4.69, 9.17) is 9.47 Å². The third kappa shape index (κ3) is 24.5. The molecule has 20 rings (SSSR count). The van der Waals surface area contributed by atoms with Crippen LogP contribution in [0.1, 0.15) is 147 Å². The molecule has 0 radical (unpaired) electrons. The normalized spacial score (nSPS) is 10.9. The van der Waals surface area contributed by atoms with Crippen molar-refractivity contribution >= 4 is 75.9 Å². The second kappa shape index (κ2) is 45.6. The van der Waals surface area contributed by atoms with Gasteiger partial charge in [0.15, 0.2) is 0 Å². The maximum atomic E-state index is 13.6. The first-order valence-corrected chi connectivity index (χ1v) is 45.6. The first-order chi connectivity index (χ1) is 68.3. The van der Waals surface area contributed by atoms with Crippen molar-refractivity contribution in [1.29, 1.82) is 0 Å². The number of phenolic OH excluding ortho intramolecular Hbond substituents is 1. The summed E-state index contributed by atoms with van der Waals surface area (Å²) in [7, 11) is 0. The van der Waals surface area contributed by atoms with E-state index in [0.29, 0.717) is 115 Å². The summed E-state index contributed by atoms with van der Waals surface area (Å²) >= 11 is 0. The van der Waals surface area contributed by atoms with Crippen molar-refractivity contribution in [2.75, 3.05) is 5.32 Å². The molecule has 710 valence electrons. The number of aryl methyl sites for hydroxylation is 16. The Balaban J connectivity index is 0.000000128. The minimum absolute atomic E-state index is 0.211. The Morgan fingerprint density at radius 2 is 0.674 bits per heavy atom. The molecule has 12 aromatic heterocycles. The molecule has 0 aliphatic heterocycles. The highest BCUT2D eigenvalue weighted by Gasteiger charge is 2.22. The smallest absolute Gasteiger partial charge is 0.353 e. The van der Waals surface area contributed by atoms with Crippen molar-refractivity contribution in [2.24, 2.45) is 0 Å². The average molecular weight is 1890 g/mol. The van der Waals surface area contributed by atoms with E-state index in [1.807, 2.05) is 166 Å². The summed E-state index contributed by atoms with van der Waals surface area (Å²) in [6.45, 7) is 12.9. The van der Waals surface area contributed by atoms with Gasteiger partial charge in [0, 0.05) is 80.9 Å². The van der Waals surface area contributed by atoms with E-state index in [-0.39, 0.29) is 28.6 Å². The number of imidazole rings is 6. The van der Waals surface area contributed by atoms with Gasteiger partial charge >= 0.3 is 29.8 Å². The van der Waals surface area contributed by atoms with Crippen LogP contribution in [0.15, 0.2) is 329 Å². The zero-order valence-corrected chi connectivity index (χ0v) is 78.2. The molecule has 28 heteroatoms. The van der Waals surface area contributed by atoms with E-state index in [9.17, 15) is 63.8 Å². The summed E-state index contributed by atoms with van der Waals surface area (Å²) in [5.74, 6) is -2.70. The van der Waals surface area contributed by atoms with E-state index < -0.39 is 29.8 Å². The molecule has 8 aromatic carbocycles. The number of carboxylic acid groups (broad SMARTS) is 5. The molecule has 0 fully saturated rings. The Bertz CT molecular complexity index is 7550.